The molecule has 1 saturated heterocycles. The number of piperidine rings is 1. The molecule has 0 aromatic carbocycles. The molecule has 0 aromatic heterocycles. The molecule has 6 heteroatoms. The molecular formula is C16H30N4O2. The fourth-order valence-electron chi connectivity index (χ4n) is 3.11. The molecule has 2 unspecified atom stereocenters. The van der Waals surface area contributed by atoms with Crippen LogP contribution in [0.3, 0.4) is 0 Å². The van der Waals surface area contributed by atoms with Gasteiger partial charge in [-0.15, -0.1) is 0 Å². The highest BCUT2D eigenvalue weighted by Crippen LogP contribution is 2.34. The molecule has 2 fully saturated rings. The van der Waals surface area contributed by atoms with Gasteiger partial charge in [-0.3, -0.25) is 4.99 Å². The Morgan fingerprint density at radius 3 is 2.59 bits per heavy atom. The molecule has 22 heavy (non-hydrogen) atoms. The second-order valence-corrected chi connectivity index (χ2v) is 6.23. The van der Waals surface area contributed by atoms with Crippen LogP contribution in [0.15, 0.2) is 4.99 Å². The number of rotatable bonds is 5. The van der Waals surface area contributed by atoms with Crippen molar-refractivity contribution in [3.63, 3.8) is 0 Å². The van der Waals surface area contributed by atoms with Crippen LogP contribution in [0, 0.1) is 5.92 Å². The summed E-state index contributed by atoms with van der Waals surface area (Å²) in [5.41, 5.74) is 0. The maximum Gasteiger partial charge on any atom is 0.409 e. The molecule has 126 valence electrons. The number of carbonyl (C=O) groups is 1. The van der Waals surface area contributed by atoms with Crippen LogP contribution in [0.25, 0.3) is 0 Å². The van der Waals surface area contributed by atoms with E-state index in [0.29, 0.717) is 12.1 Å². The second-order valence-electron chi connectivity index (χ2n) is 6.23. The summed E-state index contributed by atoms with van der Waals surface area (Å²) in [6.07, 6.45) is 5.46. The molecule has 2 N–H and O–H groups in total. The minimum Gasteiger partial charge on any atom is -0.453 e. The summed E-state index contributed by atoms with van der Waals surface area (Å²) in [5.74, 6) is 1.75. The predicted molar refractivity (Wildman–Crippen MR) is 88.1 cm³/mol. The van der Waals surface area contributed by atoms with Crippen LogP contribution < -0.4 is 10.6 Å². The Hall–Kier alpha value is -1.46. The van der Waals surface area contributed by atoms with Gasteiger partial charge >= 0.3 is 6.09 Å². The average molecular weight is 310 g/mol. The average Bonchev–Trinajstić information content (AvgIpc) is 3.25. The normalized spacial score (nSPS) is 25.8. The standard InChI is InChI=1S/C16H30N4O2/c1-4-6-12-11-14(12)19-15(17-5-2)18-13-7-9-20(10-8-13)16(21)22-3/h12-14H,4-11H2,1-3H3,(H2,17,18,19). The van der Waals surface area contributed by atoms with E-state index < -0.39 is 0 Å². The smallest absolute Gasteiger partial charge is 0.409 e. The van der Waals surface area contributed by atoms with E-state index in [9.17, 15) is 4.79 Å². The first-order valence-electron chi connectivity index (χ1n) is 8.58. The number of guanidine groups is 1. The van der Waals surface area contributed by atoms with Crippen LogP contribution in [-0.4, -0.2) is 55.8 Å². The molecule has 1 saturated carbocycles. The third-order valence-electron chi connectivity index (χ3n) is 4.49. The number of carbonyl (C=O) groups excluding carboxylic acids is 1. The van der Waals surface area contributed by atoms with E-state index in [2.05, 4.69) is 29.5 Å². The molecule has 1 aliphatic carbocycles. The summed E-state index contributed by atoms with van der Waals surface area (Å²) in [4.78, 5) is 17.8. The van der Waals surface area contributed by atoms with Crippen molar-refractivity contribution in [2.24, 2.45) is 10.9 Å². The second kappa shape index (κ2) is 8.25. The Labute approximate surface area is 133 Å². The third kappa shape index (κ3) is 4.78. The lowest BCUT2D eigenvalue weighted by Gasteiger charge is -2.32. The molecule has 0 radical (unpaired) electrons. The van der Waals surface area contributed by atoms with Crippen molar-refractivity contribution in [1.82, 2.24) is 15.5 Å². The molecule has 0 aromatic rings. The van der Waals surface area contributed by atoms with E-state index in [1.165, 1.54) is 26.4 Å². The Kier molecular flexibility index (Phi) is 6.34. The number of ether oxygens (including phenoxy) is 1. The first kappa shape index (κ1) is 16.9. The molecule has 6 nitrogen and oxygen atoms in total. The summed E-state index contributed by atoms with van der Waals surface area (Å²) >= 11 is 0. The van der Waals surface area contributed by atoms with E-state index >= 15 is 0 Å². The first-order chi connectivity index (χ1) is 10.7. The highest BCUT2D eigenvalue weighted by atomic mass is 16.5. The molecule has 1 aliphatic heterocycles. The minimum absolute atomic E-state index is 0.223. The number of aliphatic imine (C=N–C) groups is 1. The van der Waals surface area contributed by atoms with Gasteiger partial charge in [0, 0.05) is 31.7 Å². The summed E-state index contributed by atoms with van der Waals surface area (Å²) < 4.78 is 4.77. The minimum atomic E-state index is -0.223. The Morgan fingerprint density at radius 1 is 1.27 bits per heavy atom. The maximum atomic E-state index is 11.5. The molecule has 2 aliphatic rings. The van der Waals surface area contributed by atoms with Gasteiger partial charge < -0.3 is 20.3 Å². The summed E-state index contributed by atoms with van der Waals surface area (Å²) in [7, 11) is 1.44. The van der Waals surface area contributed by atoms with Crippen LogP contribution in [0.2, 0.25) is 0 Å². The van der Waals surface area contributed by atoms with Crippen molar-refractivity contribution in [2.45, 2.75) is 58.0 Å². The summed E-state index contributed by atoms with van der Waals surface area (Å²) in [6.45, 7) is 6.56. The van der Waals surface area contributed by atoms with E-state index in [4.69, 9.17) is 4.74 Å². The highest BCUT2D eigenvalue weighted by Gasteiger charge is 2.37. The van der Waals surface area contributed by atoms with Crippen LogP contribution >= 0.6 is 0 Å². The van der Waals surface area contributed by atoms with Gasteiger partial charge in [-0.1, -0.05) is 13.3 Å². The van der Waals surface area contributed by atoms with E-state index in [1.807, 2.05) is 0 Å². The van der Waals surface area contributed by atoms with Gasteiger partial charge in [0.25, 0.3) is 0 Å². The molecular weight excluding hydrogens is 280 g/mol. The number of likely N-dealkylation sites (tertiary alicyclic amines) is 1. The fourth-order valence-corrected chi connectivity index (χ4v) is 3.11. The molecule has 1 heterocycles. The van der Waals surface area contributed by atoms with Gasteiger partial charge in [0.2, 0.25) is 0 Å². The van der Waals surface area contributed by atoms with E-state index in [-0.39, 0.29) is 6.09 Å². The number of methoxy groups -OCH3 is 1. The number of amides is 1. The van der Waals surface area contributed by atoms with Gasteiger partial charge in [-0.25, -0.2) is 4.79 Å². The van der Waals surface area contributed by atoms with Crippen LogP contribution in [0.4, 0.5) is 4.79 Å². The lowest BCUT2D eigenvalue weighted by molar-refractivity contribution is 0.111. The number of hydrogen-bond donors (Lipinski definition) is 2. The zero-order valence-corrected chi connectivity index (χ0v) is 14.1. The predicted octanol–water partition coefficient (Wildman–Crippen LogP) is 1.96. The zero-order valence-electron chi connectivity index (χ0n) is 14.1. The third-order valence-corrected chi connectivity index (χ3v) is 4.49. The van der Waals surface area contributed by atoms with Crippen LogP contribution in [0.1, 0.15) is 46.0 Å². The lowest BCUT2D eigenvalue weighted by atomic mass is 10.1. The molecule has 0 spiro atoms. The van der Waals surface area contributed by atoms with Gasteiger partial charge in [0.05, 0.1) is 7.11 Å². The van der Waals surface area contributed by atoms with Crippen molar-refractivity contribution in [3.8, 4) is 0 Å². The van der Waals surface area contributed by atoms with Crippen LogP contribution in [0.5, 0.6) is 0 Å². The maximum absolute atomic E-state index is 11.5. The number of nitrogens with one attached hydrogen (secondary N) is 2. The van der Waals surface area contributed by atoms with Crippen molar-refractivity contribution in [2.75, 3.05) is 26.7 Å². The van der Waals surface area contributed by atoms with Gasteiger partial charge in [-0.05, 0) is 38.5 Å². The Balaban J connectivity index is 1.75. The molecule has 0 bridgehead atoms. The summed E-state index contributed by atoms with van der Waals surface area (Å²) in [6, 6.07) is 0.968. The summed E-state index contributed by atoms with van der Waals surface area (Å²) in [5, 5.41) is 7.08. The van der Waals surface area contributed by atoms with Gasteiger partial charge in [0.1, 0.15) is 0 Å². The van der Waals surface area contributed by atoms with Gasteiger partial charge in [0.15, 0.2) is 5.96 Å². The Bertz CT molecular complexity index is 392. The van der Waals surface area contributed by atoms with Gasteiger partial charge in [-0.2, -0.15) is 0 Å². The van der Waals surface area contributed by atoms with Crippen molar-refractivity contribution >= 4 is 12.1 Å². The van der Waals surface area contributed by atoms with Crippen molar-refractivity contribution in [3.05, 3.63) is 0 Å². The zero-order chi connectivity index (χ0) is 15.9. The fraction of sp³-hybridized carbons (Fsp3) is 0.875. The van der Waals surface area contributed by atoms with E-state index in [0.717, 1.165) is 44.4 Å². The molecule has 1 amide bonds. The lowest BCUT2D eigenvalue weighted by Crippen LogP contribution is -2.50. The number of nitrogens with zero attached hydrogens (tertiary/aromatic N) is 2. The SMILES string of the molecule is CCCC1CC1NC(=NCC)NC1CCN(C(=O)OC)CC1. The highest BCUT2D eigenvalue weighted by molar-refractivity contribution is 5.80. The monoisotopic (exact) mass is 310 g/mol. The molecule has 2 atom stereocenters. The quantitative estimate of drug-likeness (QED) is 0.602. The first-order valence-corrected chi connectivity index (χ1v) is 8.58. The number of hydrogen-bond acceptors (Lipinski definition) is 3. The van der Waals surface area contributed by atoms with Crippen molar-refractivity contribution in [1.29, 1.82) is 0 Å². The Morgan fingerprint density at radius 2 is 2.00 bits per heavy atom. The largest absolute Gasteiger partial charge is 0.453 e. The van der Waals surface area contributed by atoms with Crippen LogP contribution in [-0.2, 0) is 4.74 Å². The van der Waals surface area contributed by atoms with E-state index in [1.54, 1.807) is 4.90 Å². The topological polar surface area (TPSA) is 66.0 Å². The van der Waals surface area contributed by atoms with Crippen molar-refractivity contribution < 1.29 is 9.53 Å². The molecule has 2 rings (SSSR count).